The number of benzene rings is 2. The molecule has 0 fully saturated rings. The molecule has 1 atom stereocenters. The van der Waals surface area contributed by atoms with Crippen molar-refractivity contribution >= 4 is 6.03 Å². The van der Waals surface area contributed by atoms with Crippen LogP contribution in [0, 0.1) is 0 Å². The number of fused-ring (bicyclic) bond motifs is 2. The number of nitrogens with zero attached hydrogens (tertiary/aromatic N) is 3. The summed E-state index contributed by atoms with van der Waals surface area (Å²) in [6.07, 6.45) is 3.91. The van der Waals surface area contributed by atoms with Crippen LogP contribution in [0.5, 0.6) is 11.5 Å². The minimum absolute atomic E-state index is 0.0777. The molecule has 0 saturated heterocycles. The van der Waals surface area contributed by atoms with Gasteiger partial charge in [0.05, 0.1) is 6.20 Å². The summed E-state index contributed by atoms with van der Waals surface area (Å²) in [5, 5.41) is 7.35. The van der Waals surface area contributed by atoms with Crippen LogP contribution in [-0.4, -0.2) is 34.0 Å². The average molecular weight is 390 g/mol. The fraction of sp³-hybridized carbons (Fsp3) is 0.273. The van der Waals surface area contributed by atoms with Gasteiger partial charge >= 0.3 is 6.03 Å². The van der Waals surface area contributed by atoms with Crippen LogP contribution in [0.1, 0.15) is 28.2 Å². The van der Waals surface area contributed by atoms with Gasteiger partial charge in [0, 0.05) is 38.8 Å². The van der Waals surface area contributed by atoms with Crippen molar-refractivity contribution in [3.05, 3.63) is 77.1 Å². The van der Waals surface area contributed by atoms with Crippen LogP contribution in [0.25, 0.3) is 0 Å². The third kappa shape index (κ3) is 3.40. The molecular formula is C22H22N4O3. The van der Waals surface area contributed by atoms with Gasteiger partial charge in [-0.3, -0.25) is 4.68 Å². The summed E-state index contributed by atoms with van der Waals surface area (Å²) in [4.78, 5) is 14.8. The molecule has 5 rings (SSSR count). The molecule has 7 nitrogen and oxygen atoms in total. The van der Waals surface area contributed by atoms with Crippen LogP contribution in [0.2, 0.25) is 0 Å². The molecule has 2 aromatic carbocycles. The molecule has 3 aromatic rings. The van der Waals surface area contributed by atoms with Gasteiger partial charge in [-0.05, 0) is 34.4 Å². The number of amides is 2. The van der Waals surface area contributed by atoms with E-state index in [1.54, 1.807) is 4.68 Å². The lowest BCUT2D eigenvalue weighted by atomic mass is 9.86. The van der Waals surface area contributed by atoms with Crippen LogP contribution in [-0.2, 0) is 20.1 Å². The van der Waals surface area contributed by atoms with E-state index in [0.717, 1.165) is 22.6 Å². The molecule has 148 valence electrons. The highest BCUT2D eigenvalue weighted by molar-refractivity contribution is 5.75. The van der Waals surface area contributed by atoms with Crippen molar-refractivity contribution in [2.45, 2.75) is 19.0 Å². The number of urea groups is 1. The first-order chi connectivity index (χ1) is 14.2. The number of hydrogen-bond donors (Lipinski definition) is 1. The molecule has 0 unspecified atom stereocenters. The summed E-state index contributed by atoms with van der Waals surface area (Å²) >= 11 is 0. The molecule has 1 N–H and O–H groups in total. The topological polar surface area (TPSA) is 68.6 Å². The zero-order chi connectivity index (χ0) is 19.8. The first-order valence-corrected chi connectivity index (χ1v) is 9.65. The van der Waals surface area contributed by atoms with Gasteiger partial charge in [0.1, 0.15) is 0 Å². The van der Waals surface area contributed by atoms with E-state index >= 15 is 0 Å². The summed E-state index contributed by atoms with van der Waals surface area (Å²) in [5.74, 6) is 1.58. The average Bonchev–Trinajstić information content (AvgIpc) is 3.39. The fourth-order valence-electron chi connectivity index (χ4n) is 4.01. The van der Waals surface area contributed by atoms with Gasteiger partial charge in [0.25, 0.3) is 0 Å². The Hall–Kier alpha value is -3.48. The highest BCUT2D eigenvalue weighted by atomic mass is 16.7. The molecule has 0 saturated carbocycles. The first kappa shape index (κ1) is 17.6. The van der Waals surface area contributed by atoms with E-state index in [-0.39, 0.29) is 18.7 Å². The van der Waals surface area contributed by atoms with Crippen molar-refractivity contribution in [1.82, 2.24) is 20.0 Å². The standard InChI is InChI=1S/C22H22N4O3/c1-25-11-17(10-24-25)19-13-26(12-16-4-2-3-5-18(16)19)22(27)23-9-15-6-7-20-21(8-15)29-14-28-20/h2-8,10-11,19H,9,12-14H2,1H3,(H,23,27)/t19-/m0/s1. The first-order valence-electron chi connectivity index (χ1n) is 9.65. The summed E-state index contributed by atoms with van der Waals surface area (Å²) < 4.78 is 12.6. The third-order valence-corrected chi connectivity index (χ3v) is 5.49. The second-order valence-corrected chi connectivity index (χ2v) is 7.43. The Bertz CT molecular complexity index is 1060. The zero-order valence-electron chi connectivity index (χ0n) is 16.2. The third-order valence-electron chi connectivity index (χ3n) is 5.49. The number of aromatic nitrogens is 2. The highest BCUT2D eigenvalue weighted by Crippen LogP contribution is 2.34. The van der Waals surface area contributed by atoms with Crippen LogP contribution < -0.4 is 14.8 Å². The number of carbonyl (C=O) groups is 1. The number of rotatable bonds is 3. The molecule has 7 heteroatoms. The summed E-state index contributed by atoms with van der Waals surface area (Å²) in [5.41, 5.74) is 4.53. The Morgan fingerprint density at radius 2 is 2.07 bits per heavy atom. The SMILES string of the molecule is Cn1cc([C@@H]2CN(C(=O)NCc3ccc4c(c3)OCO4)Cc3ccccc32)cn1. The molecule has 0 radical (unpaired) electrons. The smallest absolute Gasteiger partial charge is 0.317 e. The van der Waals surface area contributed by atoms with Crippen molar-refractivity contribution in [2.24, 2.45) is 7.05 Å². The molecule has 29 heavy (non-hydrogen) atoms. The van der Waals surface area contributed by atoms with Crippen molar-refractivity contribution in [1.29, 1.82) is 0 Å². The summed E-state index contributed by atoms with van der Waals surface area (Å²) in [6, 6.07) is 14.0. The second kappa shape index (κ2) is 7.16. The maximum atomic E-state index is 12.9. The minimum Gasteiger partial charge on any atom is -0.454 e. The van der Waals surface area contributed by atoms with Crippen LogP contribution >= 0.6 is 0 Å². The summed E-state index contributed by atoms with van der Waals surface area (Å²) in [7, 11) is 1.91. The number of ether oxygens (including phenoxy) is 2. The quantitative estimate of drug-likeness (QED) is 0.747. The highest BCUT2D eigenvalue weighted by Gasteiger charge is 2.29. The molecule has 3 heterocycles. The molecule has 0 aliphatic carbocycles. The van der Waals surface area contributed by atoms with E-state index < -0.39 is 0 Å². The lowest BCUT2D eigenvalue weighted by Crippen LogP contribution is -2.44. The van der Waals surface area contributed by atoms with E-state index in [9.17, 15) is 4.79 Å². The Morgan fingerprint density at radius 1 is 1.21 bits per heavy atom. The largest absolute Gasteiger partial charge is 0.454 e. The van der Waals surface area contributed by atoms with E-state index in [1.165, 1.54) is 11.1 Å². The molecule has 0 spiro atoms. The number of carbonyl (C=O) groups excluding carboxylic acids is 1. The number of nitrogens with one attached hydrogen (secondary N) is 1. The van der Waals surface area contributed by atoms with Gasteiger partial charge in [-0.1, -0.05) is 30.3 Å². The van der Waals surface area contributed by atoms with E-state index in [0.29, 0.717) is 19.6 Å². The molecular weight excluding hydrogens is 368 g/mol. The number of aryl methyl sites for hydroxylation is 1. The Morgan fingerprint density at radius 3 is 2.93 bits per heavy atom. The molecule has 2 amide bonds. The number of hydrogen-bond acceptors (Lipinski definition) is 4. The van der Waals surface area contributed by atoms with Gasteiger partial charge in [-0.25, -0.2) is 4.79 Å². The predicted octanol–water partition coefficient (Wildman–Crippen LogP) is 3.01. The van der Waals surface area contributed by atoms with E-state index in [1.807, 2.05) is 48.6 Å². The van der Waals surface area contributed by atoms with Crippen LogP contribution in [0.15, 0.2) is 54.9 Å². The maximum Gasteiger partial charge on any atom is 0.317 e. The summed E-state index contributed by atoms with van der Waals surface area (Å²) in [6.45, 7) is 1.90. The van der Waals surface area contributed by atoms with Gasteiger partial charge in [0.15, 0.2) is 11.5 Å². The Labute approximate surface area is 168 Å². The van der Waals surface area contributed by atoms with E-state index in [4.69, 9.17) is 9.47 Å². The lowest BCUT2D eigenvalue weighted by molar-refractivity contribution is 0.174. The van der Waals surface area contributed by atoms with E-state index in [2.05, 4.69) is 28.6 Å². The lowest BCUT2D eigenvalue weighted by Gasteiger charge is -2.34. The van der Waals surface area contributed by atoms with Gasteiger partial charge in [-0.2, -0.15) is 5.10 Å². The fourth-order valence-corrected chi connectivity index (χ4v) is 4.01. The molecule has 0 bridgehead atoms. The van der Waals surface area contributed by atoms with Crippen molar-refractivity contribution in [3.8, 4) is 11.5 Å². The van der Waals surface area contributed by atoms with Crippen LogP contribution in [0.4, 0.5) is 4.79 Å². The molecule has 2 aliphatic heterocycles. The van der Waals surface area contributed by atoms with Crippen LogP contribution in [0.3, 0.4) is 0 Å². The van der Waals surface area contributed by atoms with Gasteiger partial charge < -0.3 is 19.7 Å². The van der Waals surface area contributed by atoms with Crippen molar-refractivity contribution in [3.63, 3.8) is 0 Å². The Balaban J connectivity index is 1.32. The maximum absolute atomic E-state index is 12.9. The monoisotopic (exact) mass is 390 g/mol. The normalized spacial score (nSPS) is 17.1. The Kier molecular flexibility index (Phi) is 4.35. The second-order valence-electron chi connectivity index (χ2n) is 7.43. The zero-order valence-corrected chi connectivity index (χ0v) is 16.2. The van der Waals surface area contributed by atoms with Gasteiger partial charge in [0.2, 0.25) is 6.79 Å². The minimum atomic E-state index is -0.0777. The predicted molar refractivity (Wildman–Crippen MR) is 107 cm³/mol. The molecule has 1 aromatic heterocycles. The van der Waals surface area contributed by atoms with Crippen molar-refractivity contribution < 1.29 is 14.3 Å². The van der Waals surface area contributed by atoms with Crippen molar-refractivity contribution in [2.75, 3.05) is 13.3 Å². The molecule has 2 aliphatic rings. The van der Waals surface area contributed by atoms with Gasteiger partial charge in [-0.15, -0.1) is 0 Å².